The minimum atomic E-state index is 0.604. The van der Waals surface area contributed by atoms with Crippen LogP contribution in [0.2, 0.25) is 5.15 Å². The van der Waals surface area contributed by atoms with Gasteiger partial charge in [-0.15, -0.1) is 0 Å². The number of hydrogen-bond acceptors (Lipinski definition) is 1. The minimum absolute atomic E-state index is 0.604. The number of aryl methyl sites for hydroxylation is 3. The van der Waals surface area contributed by atoms with Crippen molar-refractivity contribution in [3.8, 4) is 0 Å². The number of hydrogen-bond donors (Lipinski definition) is 0. The molecule has 1 nitrogen and oxygen atoms in total. The predicted octanol–water partition coefficient (Wildman–Crippen LogP) is 3.81. The Kier molecular flexibility index (Phi) is 2.20. The molecule has 0 atom stereocenters. The van der Waals surface area contributed by atoms with Gasteiger partial charge in [0.1, 0.15) is 5.15 Å². The Morgan fingerprint density at radius 3 is 2.07 bits per heavy atom. The van der Waals surface area contributed by atoms with Crippen LogP contribution in [0.5, 0.6) is 0 Å². The predicted molar refractivity (Wildman–Crippen MR) is 61.0 cm³/mol. The van der Waals surface area contributed by atoms with Crippen LogP contribution in [0.4, 0.5) is 0 Å². The van der Waals surface area contributed by atoms with Crippen molar-refractivity contribution in [1.29, 1.82) is 0 Å². The van der Waals surface area contributed by atoms with Gasteiger partial charge in [-0.1, -0.05) is 23.7 Å². The average molecular weight is 206 g/mol. The number of aromatic nitrogens is 1. The van der Waals surface area contributed by atoms with Crippen LogP contribution in [0, 0.1) is 20.8 Å². The van der Waals surface area contributed by atoms with E-state index in [1.165, 1.54) is 22.1 Å². The third-order valence-corrected chi connectivity index (χ3v) is 2.88. The van der Waals surface area contributed by atoms with Gasteiger partial charge in [0.05, 0.1) is 0 Å². The highest BCUT2D eigenvalue weighted by Crippen LogP contribution is 2.29. The molecule has 2 rings (SSSR count). The first-order valence-electron chi connectivity index (χ1n) is 4.62. The summed E-state index contributed by atoms with van der Waals surface area (Å²) < 4.78 is 0. The van der Waals surface area contributed by atoms with Gasteiger partial charge in [-0.25, -0.2) is 4.98 Å². The van der Waals surface area contributed by atoms with Gasteiger partial charge in [0, 0.05) is 11.6 Å². The highest BCUT2D eigenvalue weighted by atomic mass is 35.5. The Balaban J connectivity index is 3.05. The fourth-order valence-electron chi connectivity index (χ4n) is 1.87. The summed E-state index contributed by atoms with van der Waals surface area (Å²) in [5.74, 6) is 0. The maximum absolute atomic E-state index is 6.10. The molecule has 1 heterocycles. The molecular formula is C12H12ClN. The van der Waals surface area contributed by atoms with E-state index in [4.69, 9.17) is 11.6 Å². The Hall–Kier alpha value is -1.08. The molecule has 14 heavy (non-hydrogen) atoms. The van der Waals surface area contributed by atoms with Gasteiger partial charge in [0.25, 0.3) is 0 Å². The SMILES string of the molecule is Cc1ccc(C)c2c(Cl)ncc(C)c12. The Bertz CT molecular complexity index is 414. The minimum Gasteiger partial charge on any atom is -0.244 e. The van der Waals surface area contributed by atoms with E-state index in [1.54, 1.807) is 0 Å². The van der Waals surface area contributed by atoms with Crippen molar-refractivity contribution >= 4 is 22.4 Å². The van der Waals surface area contributed by atoms with E-state index in [9.17, 15) is 0 Å². The molecule has 0 radical (unpaired) electrons. The molecule has 0 saturated carbocycles. The number of nitrogens with zero attached hydrogens (tertiary/aromatic N) is 1. The van der Waals surface area contributed by atoms with Crippen LogP contribution in [0.1, 0.15) is 16.7 Å². The number of benzene rings is 1. The number of rotatable bonds is 0. The van der Waals surface area contributed by atoms with Crippen molar-refractivity contribution in [2.45, 2.75) is 20.8 Å². The van der Waals surface area contributed by atoms with E-state index >= 15 is 0 Å². The third-order valence-electron chi connectivity index (χ3n) is 2.59. The standard InChI is InChI=1S/C12H12ClN/c1-7-4-5-8(2)11-10(7)9(3)6-14-12(11)13/h4-6H,1-3H3. The lowest BCUT2D eigenvalue weighted by atomic mass is 10.00. The molecule has 0 saturated heterocycles. The largest absolute Gasteiger partial charge is 0.244 e. The molecule has 0 aliphatic rings. The van der Waals surface area contributed by atoms with E-state index in [1.807, 2.05) is 6.20 Å². The Labute approximate surface area is 88.7 Å². The molecule has 0 amide bonds. The van der Waals surface area contributed by atoms with Crippen LogP contribution in [0.25, 0.3) is 10.8 Å². The van der Waals surface area contributed by atoms with Gasteiger partial charge in [0.2, 0.25) is 0 Å². The number of halogens is 1. The molecule has 72 valence electrons. The van der Waals surface area contributed by atoms with Crippen LogP contribution in [-0.2, 0) is 0 Å². The van der Waals surface area contributed by atoms with Crippen molar-refractivity contribution in [2.75, 3.05) is 0 Å². The summed E-state index contributed by atoms with van der Waals surface area (Å²) in [5, 5.41) is 2.93. The zero-order chi connectivity index (χ0) is 10.3. The van der Waals surface area contributed by atoms with E-state index in [0.29, 0.717) is 5.15 Å². The van der Waals surface area contributed by atoms with Crippen molar-refractivity contribution in [3.63, 3.8) is 0 Å². The second-order valence-electron chi connectivity index (χ2n) is 3.68. The highest BCUT2D eigenvalue weighted by molar-refractivity contribution is 6.34. The molecule has 0 fully saturated rings. The summed E-state index contributed by atoms with van der Waals surface area (Å²) >= 11 is 6.10. The Morgan fingerprint density at radius 2 is 1.50 bits per heavy atom. The van der Waals surface area contributed by atoms with E-state index in [-0.39, 0.29) is 0 Å². The molecule has 1 aromatic carbocycles. The number of pyridine rings is 1. The lowest BCUT2D eigenvalue weighted by molar-refractivity contribution is 1.29. The first-order valence-corrected chi connectivity index (χ1v) is 5.00. The molecular weight excluding hydrogens is 194 g/mol. The second-order valence-corrected chi connectivity index (χ2v) is 4.04. The molecule has 1 aromatic heterocycles. The first kappa shape index (κ1) is 9.47. The van der Waals surface area contributed by atoms with Crippen LogP contribution in [0.3, 0.4) is 0 Å². The third kappa shape index (κ3) is 1.28. The molecule has 0 unspecified atom stereocenters. The summed E-state index contributed by atoms with van der Waals surface area (Å²) in [6, 6.07) is 4.21. The average Bonchev–Trinajstić information content (AvgIpc) is 2.16. The fraction of sp³-hybridized carbons (Fsp3) is 0.250. The monoisotopic (exact) mass is 205 g/mol. The smallest absolute Gasteiger partial charge is 0.137 e. The summed E-state index contributed by atoms with van der Waals surface area (Å²) in [4.78, 5) is 4.17. The van der Waals surface area contributed by atoms with Crippen molar-refractivity contribution in [3.05, 3.63) is 40.2 Å². The van der Waals surface area contributed by atoms with Gasteiger partial charge in [-0.2, -0.15) is 0 Å². The molecule has 0 aliphatic heterocycles. The van der Waals surface area contributed by atoms with Gasteiger partial charge in [0.15, 0.2) is 0 Å². The summed E-state index contributed by atoms with van der Waals surface area (Å²) in [7, 11) is 0. The topological polar surface area (TPSA) is 12.9 Å². The maximum Gasteiger partial charge on any atom is 0.137 e. The maximum atomic E-state index is 6.10. The highest BCUT2D eigenvalue weighted by Gasteiger charge is 2.07. The van der Waals surface area contributed by atoms with Crippen LogP contribution in [-0.4, -0.2) is 4.98 Å². The molecule has 0 spiro atoms. The zero-order valence-electron chi connectivity index (χ0n) is 8.56. The molecule has 0 N–H and O–H groups in total. The van der Waals surface area contributed by atoms with Crippen LogP contribution < -0.4 is 0 Å². The van der Waals surface area contributed by atoms with E-state index < -0.39 is 0 Å². The lowest BCUT2D eigenvalue weighted by Gasteiger charge is -2.09. The van der Waals surface area contributed by atoms with Gasteiger partial charge < -0.3 is 0 Å². The molecule has 2 aromatic rings. The summed E-state index contributed by atoms with van der Waals surface area (Å²) in [6.45, 7) is 6.23. The van der Waals surface area contributed by atoms with Gasteiger partial charge >= 0.3 is 0 Å². The lowest BCUT2D eigenvalue weighted by Crippen LogP contribution is -1.89. The molecule has 0 bridgehead atoms. The number of fused-ring (bicyclic) bond motifs is 1. The molecule has 0 aliphatic carbocycles. The van der Waals surface area contributed by atoms with Gasteiger partial charge in [-0.3, -0.25) is 0 Å². The van der Waals surface area contributed by atoms with E-state index in [2.05, 4.69) is 37.9 Å². The fourth-order valence-corrected chi connectivity index (χ4v) is 2.16. The normalized spacial score (nSPS) is 10.9. The molecule has 2 heteroatoms. The van der Waals surface area contributed by atoms with Crippen molar-refractivity contribution < 1.29 is 0 Å². The second kappa shape index (κ2) is 3.25. The zero-order valence-corrected chi connectivity index (χ0v) is 9.31. The van der Waals surface area contributed by atoms with Crippen LogP contribution >= 0.6 is 11.6 Å². The van der Waals surface area contributed by atoms with Gasteiger partial charge in [-0.05, 0) is 42.8 Å². The summed E-state index contributed by atoms with van der Waals surface area (Å²) in [6.07, 6.45) is 1.83. The van der Waals surface area contributed by atoms with Crippen LogP contribution in [0.15, 0.2) is 18.3 Å². The quantitative estimate of drug-likeness (QED) is 0.596. The summed E-state index contributed by atoms with van der Waals surface area (Å²) in [5.41, 5.74) is 3.63. The Morgan fingerprint density at radius 1 is 0.929 bits per heavy atom. The van der Waals surface area contributed by atoms with Crippen molar-refractivity contribution in [2.24, 2.45) is 0 Å². The van der Waals surface area contributed by atoms with Crippen molar-refractivity contribution in [1.82, 2.24) is 4.98 Å². The first-order chi connectivity index (χ1) is 6.61. The van der Waals surface area contributed by atoms with E-state index in [0.717, 1.165) is 5.39 Å².